The van der Waals surface area contributed by atoms with Gasteiger partial charge in [0.05, 0.1) is 0 Å². The predicted octanol–water partition coefficient (Wildman–Crippen LogP) is 4.84. The molecule has 0 heterocycles. The van der Waals surface area contributed by atoms with E-state index in [1.807, 2.05) is 13.0 Å². The van der Waals surface area contributed by atoms with E-state index in [1.165, 1.54) is 11.1 Å². The number of rotatable bonds is 3. The summed E-state index contributed by atoms with van der Waals surface area (Å²) in [6.07, 6.45) is 5.06. The second kappa shape index (κ2) is 4.99. The normalized spacial score (nSPS) is 33.4. The minimum Gasteiger partial charge on any atom is -0.246 e. The van der Waals surface area contributed by atoms with Crippen LogP contribution in [0.3, 0.4) is 0 Å². The fourth-order valence-corrected chi connectivity index (χ4v) is 2.64. The average molecular weight is 222 g/mol. The third kappa shape index (κ3) is 2.45. The smallest absolute Gasteiger partial charge is 0.111 e. The van der Waals surface area contributed by atoms with E-state index in [0.29, 0.717) is 5.92 Å². The molecular weight excluding hydrogens is 199 g/mol. The average Bonchev–Trinajstić information content (AvgIpc) is 2.28. The van der Waals surface area contributed by atoms with Crippen LogP contribution in [0.2, 0.25) is 0 Å². The van der Waals surface area contributed by atoms with Crippen LogP contribution in [0.5, 0.6) is 0 Å². The molecule has 1 aliphatic carbocycles. The topological polar surface area (TPSA) is 0 Å². The molecule has 0 aromatic rings. The molecule has 0 aromatic heterocycles. The summed E-state index contributed by atoms with van der Waals surface area (Å²) in [5, 5.41) is 0. The SMILES string of the molecule is C=CC1(C)CC/C(=C(/C)CF)CC1C(=C)C. The van der Waals surface area contributed by atoms with Crippen LogP contribution in [-0.4, -0.2) is 6.67 Å². The number of hydrogen-bond acceptors (Lipinski definition) is 0. The summed E-state index contributed by atoms with van der Waals surface area (Å²) in [7, 11) is 0. The minimum atomic E-state index is -0.316. The summed E-state index contributed by atoms with van der Waals surface area (Å²) in [5.74, 6) is 0.412. The summed E-state index contributed by atoms with van der Waals surface area (Å²) < 4.78 is 12.7. The lowest BCUT2D eigenvalue weighted by atomic mass is 9.63. The molecule has 0 aromatic carbocycles. The molecule has 0 nitrogen and oxygen atoms in total. The number of halogens is 1. The Kier molecular flexibility index (Phi) is 4.12. The Hall–Kier alpha value is -0.850. The summed E-state index contributed by atoms with van der Waals surface area (Å²) >= 11 is 0. The highest BCUT2D eigenvalue weighted by molar-refractivity contribution is 5.23. The molecule has 0 aliphatic heterocycles. The van der Waals surface area contributed by atoms with Crippen molar-refractivity contribution in [3.05, 3.63) is 36.0 Å². The second-order valence-electron chi connectivity index (χ2n) is 5.33. The van der Waals surface area contributed by atoms with Crippen LogP contribution in [0.1, 0.15) is 40.0 Å². The third-order valence-corrected chi connectivity index (χ3v) is 4.08. The molecule has 2 atom stereocenters. The molecule has 1 aliphatic rings. The van der Waals surface area contributed by atoms with Gasteiger partial charge in [0, 0.05) is 0 Å². The highest BCUT2D eigenvalue weighted by Crippen LogP contribution is 2.47. The molecule has 0 N–H and O–H groups in total. The van der Waals surface area contributed by atoms with Crippen molar-refractivity contribution in [2.75, 3.05) is 6.67 Å². The van der Waals surface area contributed by atoms with Gasteiger partial charge in [0.2, 0.25) is 0 Å². The van der Waals surface area contributed by atoms with Crippen LogP contribution >= 0.6 is 0 Å². The maximum absolute atomic E-state index is 12.7. The monoisotopic (exact) mass is 222 g/mol. The van der Waals surface area contributed by atoms with Gasteiger partial charge < -0.3 is 0 Å². The van der Waals surface area contributed by atoms with E-state index in [0.717, 1.165) is 24.8 Å². The maximum atomic E-state index is 12.7. The maximum Gasteiger partial charge on any atom is 0.111 e. The largest absolute Gasteiger partial charge is 0.246 e. The van der Waals surface area contributed by atoms with Crippen LogP contribution in [0.25, 0.3) is 0 Å². The number of hydrogen-bond donors (Lipinski definition) is 0. The fourth-order valence-electron chi connectivity index (χ4n) is 2.64. The Morgan fingerprint density at radius 3 is 2.62 bits per heavy atom. The van der Waals surface area contributed by atoms with E-state index in [-0.39, 0.29) is 12.1 Å². The van der Waals surface area contributed by atoms with Crippen molar-refractivity contribution >= 4 is 0 Å². The summed E-state index contributed by atoms with van der Waals surface area (Å²) in [6.45, 7) is 13.9. The molecule has 0 bridgehead atoms. The highest BCUT2D eigenvalue weighted by Gasteiger charge is 2.36. The first kappa shape index (κ1) is 13.2. The summed E-state index contributed by atoms with van der Waals surface area (Å²) in [6, 6.07) is 0. The van der Waals surface area contributed by atoms with Gasteiger partial charge in [-0.15, -0.1) is 6.58 Å². The minimum absolute atomic E-state index is 0.131. The summed E-state index contributed by atoms with van der Waals surface area (Å²) in [4.78, 5) is 0. The van der Waals surface area contributed by atoms with Crippen molar-refractivity contribution in [2.24, 2.45) is 11.3 Å². The zero-order valence-corrected chi connectivity index (χ0v) is 10.8. The molecule has 1 heteroatoms. The molecule has 90 valence electrons. The van der Waals surface area contributed by atoms with Crippen molar-refractivity contribution < 1.29 is 4.39 Å². The lowest BCUT2D eigenvalue weighted by Crippen LogP contribution is -2.30. The van der Waals surface area contributed by atoms with E-state index in [2.05, 4.69) is 27.0 Å². The third-order valence-electron chi connectivity index (χ3n) is 4.08. The van der Waals surface area contributed by atoms with Gasteiger partial charge in [0.15, 0.2) is 0 Å². The van der Waals surface area contributed by atoms with Gasteiger partial charge >= 0.3 is 0 Å². The molecule has 16 heavy (non-hydrogen) atoms. The second-order valence-corrected chi connectivity index (χ2v) is 5.33. The Morgan fingerprint density at radius 2 is 2.19 bits per heavy atom. The molecular formula is C15H23F. The van der Waals surface area contributed by atoms with Crippen molar-refractivity contribution in [1.82, 2.24) is 0 Å². The molecule has 0 spiro atoms. The van der Waals surface area contributed by atoms with Crippen LogP contribution in [0.15, 0.2) is 36.0 Å². The Labute approximate surface area is 98.9 Å². The Morgan fingerprint density at radius 1 is 1.56 bits per heavy atom. The Bertz CT molecular complexity index is 324. The van der Waals surface area contributed by atoms with Gasteiger partial charge in [-0.1, -0.05) is 30.7 Å². The Balaban J connectivity index is 2.98. The van der Waals surface area contributed by atoms with Gasteiger partial charge in [-0.3, -0.25) is 0 Å². The van der Waals surface area contributed by atoms with Gasteiger partial charge in [-0.05, 0) is 50.0 Å². The first-order valence-electron chi connectivity index (χ1n) is 5.97. The van der Waals surface area contributed by atoms with Crippen molar-refractivity contribution in [2.45, 2.75) is 40.0 Å². The summed E-state index contributed by atoms with van der Waals surface area (Å²) in [5.41, 5.74) is 3.52. The van der Waals surface area contributed by atoms with Crippen LogP contribution in [0.4, 0.5) is 4.39 Å². The van der Waals surface area contributed by atoms with Crippen molar-refractivity contribution in [3.63, 3.8) is 0 Å². The van der Waals surface area contributed by atoms with Crippen LogP contribution in [-0.2, 0) is 0 Å². The van der Waals surface area contributed by atoms with E-state index in [9.17, 15) is 4.39 Å². The van der Waals surface area contributed by atoms with E-state index in [4.69, 9.17) is 0 Å². The number of alkyl halides is 1. The number of allylic oxidation sites excluding steroid dienone is 4. The quantitative estimate of drug-likeness (QED) is 0.599. The zero-order valence-electron chi connectivity index (χ0n) is 10.8. The van der Waals surface area contributed by atoms with E-state index < -0.39 is 0 Å². The van der Waals surface area contributed by atoms with Crippen LogP contribution in [0, 0.1) is 11.3 Å². The molecule has 0 amide bonds. The van der Waals surface area contributed by atoms with Gasteiger partial charge in [-0.25, -0.2) is 4.39 Å². The fraction of sp³-hybridized carbons (Fsp3) is 0.600. The first-order valence-corrected chi connectivity index (χ1v) is 5.97. The lowest BCUT2D eigenvalue weighted by Gasteiger charge is -2.41. The van der Waals surface area contributed by atoms with Crippen molar-refractivity contribution in [3.8, 4) is 0 Å². The predicted molar refractivity (Wildman–Crippen MR) is 69.1 cm³/mol. The van der Waals surface area contributed by atoms with Gasteiger partial charge in [-0.2, -0.15) is 0 Å². The molecule has 2 unspecified atom stereocenters. The lowest BCUT2D eigenvalue weighted by molar-refractivity contribution is 0.238. The van der Waals surface area contributed by atoms with Gasteiger partial charge in [0.25, 0.3) is 0 Å². The zero-order chi connectivity index (χ0) is 12.3. The molecule has 1 fully saturated rings. The molecule has 0 saturated heterocycles. The van der Waals surface area contributed by atoms with Gasteiger partial charge in [0.1, 0.15) is 6.67 Å². The van der Waals surface area contributed by atoms with E-state index >= 15 is 0 Å². The van der Waals surface area contributed by atoms with Crippen LogP contribution < -0.4 is 0 Å². The first-order chi connectivity index (χ1) is 7.44. The molecule has 1 saturated carbocycles. The van der Waals surface area contributed by atoms with E-state index in [1.54, 1.807) is 0 Å². The van der Waals surface area contributed by atoms with Crippen molar-refractivity contribution in [1.29, 1.82) is 0 Å². The highest BCUT2D eigenvalue weighted by atomic mass is 19.1. The molecule has 1 rings (SSSR count). The standard InChI is InChI=1S/C15H23F/c1-6-15(5)8-7-13(12(4)10-16)9-14(15)11(2)3/h6,14H,1-2,7-10H2,3-5H3/b13-12+. The molecule has 0 radical (unpaired) electrons.